The number of nitrogens with one attached hydrogen (secondary N) is 1. The highest BCUT2D eigenvalue weighted by Crippen LogP contribution is 2.23. The van der Waals surface area contributed by atoms with E-state index in [0.29, 0.717) is 24.9 Å². The smallest absolute Gasteiger partial charge is 0.219 e. The average Bonchev–Trinajstić information content (AvgIpc) is 3.23. The number of nitrogens with zero attached hydrogens (tertiary/aromatic N) is 3. The van der Waals surface area contributed by atoms with E-state index in [-0.39, 0.29) is 24.0 Å². The Labute approximate surface area is 195 Å². The topological polar surface area (TPSA) is 68.2 Å². The largest absolute Gasteiger partial charge is 0.494 e. The second-order valence-electron chi connectivity index (χ2n) is 7.02. The van der Waals surface area contributed by atoms with Crippen LogP contribution in [0.2, 0.25) is 0 Å². The lowest BCUT2D eigenvalue weighted by atomic mass is 10.1. The molecule has 0 amide bonds. The van der Waals surface area contributed by atoms with Crippen LogP contribution in [0, 0.1) is 5.92 Å². The summed E-state index contributed by atoms with van der Waals surface area (Å²) in [7, 11) is 3.86. The summed E-state index contributed by atoms with van der Waals surface area (Å²) >= 11 is 0. The number of ether oxygens (including phenoxy) is 3. The zero-order chi connectivity index (χ0) is 20.5. The van der Waals surface area contributed by atoms with Gasteiger partial charge in [0.15, 0.2) is 5.96 Å². The summed E-state index contributed by atoms with van der Waals surface area (Å²) in [5.41, 5.74) is 1.07. The van der Waals surface area contributed by atoms with Crippen LogP contribution < -0.4 is 14.8 Å². The summed E-state index contributed by atoms with van der Waals surface area (Å²) in [6, 6.07) is 11.4. The average molecular weight is 526 g/mol. The Bertz CT molecular complexity index is 795. The molecule has 1 unspecified atom stereocenters. The minimum absolute atomic E-state index is 0. The standard InChI is InChI=1S/C22H30N4O3.HI/c1-4-28-19-5-7-20(8-6-19)29-21-13-17(9-11-24-21)14-25-22(23-2)26(3)15-18-10-12-27-16-18;/h5-9,11,13,18H,4,10,12,14-16H2,1-3H3,(H,23,25);1H. The Balaban J connectivity index is 0.00000320. The van der Waals surface area contributed by atoms with Gasteiger partial charge in [-0.25, -0.2) is 4.98 Å². The maximum Gasteiger partial charge on any atom is 0.219 e. The van der Waals surface area contributed by atoms with Crippen LogP contribution >= 0.6 is 24.0 Å². The van der Waals surface area contributed by atoms with Crippen molar-refractivity contribution in [2.24, 2.45) is 10.9 Å². The number of rotatable bonds is 8. The molecule has 1 aliphatic heterocycles. The number of hydrogen-bond donors (Lipinski definition) is 1. The molecule has 2 aromatic rings. The molecule has 1 aromatic carbocycles. The Kier molecular flexibility index (Phi) is 10.2. The van der Waals surface area contributed by atoms with Gasteiger partial charge in [-0.15, -0.1) is 24.0 Å². The number of hydrogen-bond acceptors (Lipinski definition) is 5. The van der Waals surface area contributed by atoms with E-state index in [9.17, 15) is 0 Å². The number of halogens is 1. The molecule has 8 heteroatoms. The van der Waals surface area contributed by atoms with Crippen molar-refractivity contribution in [3.05, 3.63) is 48.2 Å². The van der Waals surface area contributed by atoms with Crippen molar-refractivity contribution in [3.63, 3.8) is 0 Å². The molecular formula is C22H31IN4O3. The Morgan fingerprint density at radius 3 is 2.70 bits per heavy atom. The zero-order valence-corrected chi connectivity index (χ0v) is 20.2. The lowest BCUT2D eigenvalue weighted by Gasteiger charge is -2.24. The molecule has 1 aromatic heterocycles. The van der Waals surface area contributed by atoms with Crippen LogP contribution in [-0.4, -0.2) is 56.3 Å². The number of aliphatic imine (C=N–C) groups is 1. The molecule has 0 spiro atoms. The molecule has 3 rings (SSSR count). The van der Waals surface area contributed by atoms with Gasteiger partial charge in [-0.1, -0.05) is 0 Å². The highest BCUT2D eigenvalue weighted by Gasteiger charge is 2.19. The Hall–Kier alpha value is -2.07. The van der Waals surface area contributed by atoms with E-state index in [0.717, 1.165) is 49.2 Å². The monoisotopic (exact) mass is 526 g/mol. The molecule has 1 aliphatic rings. The number of benzene rings is 1. The van der Waals surface area contributed by atoms with E-state index in [1.807, 2.05) is 43.3 Å². The molecular weight excluding hydrogens is 495 g/mol. The molecule has 0 radical (unpaired) electrons. The van der Waals surface area contributed by atoms with Crippen molar-refractivity contribution in [1.29, 1.82) is 0 Å². The van der Waals surface area contributed by atoms with Gasteiger partial charge in [0.2, 0.25) is 5.88 Å². The van der Waals surface area contributed by atoms with Gasteiger partial charge in [0, 0.05) is 52.0 Å². The van der Waals surface area contributed by atoms with Crippen molar-refractivity contribution < 1.29 is 14.2 Å². The third-order valence-electron chi connectivity index (χ3n) is 4.74. The summed E-state index contributed by atoms with van der Waals surface area (Å²) < 4.78 is 16.8. The minimum Gasteiger partial charge on any atom is -0.494 e. The van der Waals surface area contributed by atoms with E-state index in [2.05, 4.69) is 27.2 Å². The van der Waals surface area contributed by atoms with Gasteiger partial charge in [0.1, 0.15) is 11.5 Å². The summed E-state index contributed by atoms with van der Waals surface area (Å²) in [4.78, 5) is 10.8. The minimum atomic E-state index is 0. The molecule has 0 saturated carbocycles. The van der Waals surface area contributed by atoms with Gasteiger partial charge < -0.3 is 24.4 Å². The molecule has 30 heavy (non-hydrogen) atoms. The predicted molar refractivity (Wildman–Crippen MR) is 129 cm³/mol. The third-order valence-corrected chi connectivity index (χ3v) is 4.74. The molecule has 0 bridgehead atoms. The first kappa shape index (κ1) is 24.2. The van der Waals surface area contributed by atoms with Crippen LogP contribution in [0.3, 0.4) is 0 Å². The first-order valence-electron chi connectivity index (χ1n) is 10.0. The molecule has 1 fully saturated rings. The number of aromatic nitrogens is 1. The van der Waals surface area contributed by atoms with Gasteiger partial charge in [0.05, 0.1) is 13.2 Å². The van der Waals surface area contributed by atoms with E-state index >= 15 is 0 Å². The van der Waals surface area contributed by atoms with E-state index in [1.165, 1.54) is 0 Å². The van der Waals surface area contributed by atoms with Crippen molar-refractivity contribution >= 4 is 29.9 Å². The van der Waals surface area contributed by atoms with Gasteiger partial charge in [0.25, 0.3) is 0 Å². The van der Waals surface area contributed by atoms with E-state index in [4.69, 9.17) is 14.2 Å². The summed E-state index contributed by atoms with van der Waals surface area (Å²) in [6.07, 6.45) is 2.86. The molecule has 0 aliphatic carbocycles. The maximum absolute atomic E-state index is 5.87. The van der Waals surface area contributed by atoms with Crippen LogP contribution in [0.1, 0.15) is 18.9 Å². The lowest BCUT2D eigenvalue weighted by Crippen LogP contribution is -2.41. The fourth-order valence-corrected chi connectivity index (χ4v) is 3.27. The van der Waals surface area contributed by atoms with Gasteiger partial charge in [-0.05, 0) is 49.2 Å². The molecule has 2 heterocycles. The van der Waals surface area contributed by atoms with Gasteiger partial charge >= 0.3 is 0 Å². The SMILES string of the molecule is CCOc1ccc(Oc2cc(CNC(=NC)N(C)CC3CCOC3)ccn2)cc1.I. The van der Waals surface area contributed by atoms with E-state index in [1.54, 1.807) is 13.2 Å². The quantitative estimate of drug-likeness (QED) is 0.320. The van der Waals surface area contributed by atoms with E-state index < -0.39 is 0 Å². The van der Waals surface area contributed by atoms with Crippen LogP contribution in [-0.2, 0) is 11.3 Å². The maximum atomic E-state index is 5.87. The van der Waals surface area contributed by atoms with Gasteiger partial charge in [-0.2, -0.15) is 0 Å². The van der Waals surface area contributed by atoms with Crippen LogP contribution in [0.25, 0.3) is 0 Å². The molecule has 1 N–H and O–H groups in total. The summed E-state index contributed by atoms with van der Waals surface area (Å²) in [6.45, 7) is 5.87. The Morgan fingerprint density at radius 2 is 2.03 bits per heavy atom. The second kappa shape index (κ2) is 12.6. The van der Waals surface area contributed by atoms with Crippen molar-refractivity contribution in [1.82, 2.24) is 15.2 Å². The highest BCUT2D eigenvalue weighted by molar-refractivity contribution is 14.0. The first-order chi connectivity index (χ1) is 14.2. The normalized spacial score (nSPS) is 16.0. The number of pyridine rings is 1. The number of guanidine groups is 1. The summed E-state index contributed by atoms with van der Waals surface area (Å²) in [5.74, 6) is 3.53. The van der Waals surface area contributed by atoms with Crippen molar-refractivity contribution in [2.75, 3.05) is 40.5 Å². The zero-order valence-electron chi connectivity index (χ0n) is 17.8. The first-order valence-corrected chi connectivity index (χ1v) is 10.0. The van der Waals surface area contributed by atoms with Crippen LogP contribution in [0.4, 0.5) is 0 Å². The fourth-order valence-electron chi connectivity index (χ4n) is 3.27. The highest BCUT2D eigenvalue weighted by atomic mass is 127. The molecule has 7 nitrogen and oxygen atoms in total. The fraction of sp³-hybridized carbons (Fsp3) is 0.455. The Morgan fingerprint density at radius 1 is 1.27 bits per heavy atom. The predicted octanol–water partition coefficient (Wildman–Crippen LogP) is 3.93. The van der Waals surface area contributed by atoms with Gasteiger partial charge in [-0.3, -0.25) is 4.99 Å². The van der Waals surface area contributed by atoms with Crippen LogP contribution in [0.15, 0.2) is 47.6 Å². The van der Waals surface area contributed by atoms with Crippen molar-refractivity contribution in [2.45, 2.75) is 19.9 Å². The second-order valence-corrected chi connectivity index (χ2v) is 7.02. The third kappa shape index (κ3) is 7.32. The van der Waals surface area contributed by atoms with Crippen LogP contribution in [0.5, 0.6) is 17.4 Å². The molecule has 1 atom stereocenters. The van der Waals surface area contributed by atoms with Crippen molar-refractivity contribution in [3.8, 4) is 17.4 Å². The molecule has 1 saturated heterocycles. The molecule has 164 valence electrons. The summed E-state index contributed by atoms with van der Waals surface area (Å²) in [5, 5.41) is 3.41. The lowest BCUT2D eigenvalue weighted by molar-refractivity contribution is 0.181.